The van der Waals surface area contributed by atoms with Gasteiger partial charge in [0.2, 0.25) is 5.95 Å². The van der Waals surface area contributed by atoms with Crippen LogP contribution in [-0.2, 0) is 6.54 Å². The number of pyridine rings is 1. The molecule has 4 aromatic rings. The summed E-state index contributed by atoms with van der Waals surface area (Å²) in [7, 11) is 1.68. The van der Waals surface area contributed by atoms with E-state index >= 15 is 0 Å². The van der Waals surface area contributed by atoms with E-state index in [9.17, 15) is 13.2 Å². The summed E-state index contributed by atoms with van der Waals surface area (Å²) in [5.41, 5.74) is 7.66. The number of rotatable bonds is 3. The first-order chi connectivity index (χ1) is 12.4. The van der Waals surface area contributed by atoms with E-state index in [0.717, 1.165) is 4.68 Å². The summed E-state index contributed by atoms with van der Waals surface area (Å²) in [6.45, 7) is -1.27. The number of aromatic nitrogens is 7. The molecule has 0 amide bonds. The van der Waals surface area contributed by atoms with Crippen molar-refractivity contribution in [1.82, 2.24) is 34.6 Å². The van der Waals surface area contributed by atoms with Gasteiger partial charge in [-0.2, -0.15) is 18.2 Å². The van der Waals surface area contributed by atoms with Crippen molar-refractivity contribution < 1.29 is 13.2 Å². The number of fused-ring (bicyclic) bond motifs is 2. The Morgan fingerprint density at radius 3 is 2.73 bits per heavy atom. The lowest BCUT2D eigenvalue weighted by molar-refractivity contribution is -0.142. The van der Waals surface area contributed by atoms with E-state index in [4.69, 9.17) is 5.73 Å². The van der Waals surface area contributed by atoms with Crippen LogP contribution < -0.4 is 11.1 Å². The van der Waals surface area contributed by atoms with E-state index in [1.165, 1.54) is 4.52 Å². The minimum atomic E-state index is -4.42. The van der Waals surface area contributed by atoms with Crippen LogP contribution in [0.4, 0.5) is 24.9 Å². The molecular formula is C14H12F3N9. The Kier molecular flexibility index (Phi) is 3.42. The second-order valence-electron chi connectivity index (χ2n) is 5.49. The highest BCUT2D eigenvalue weighted by Crippen LogP contribution is 2.30. The average Bonchev–Trinajstić information content (AvgIpc) is 3.16. The zero-order valence-electron chi connectivity index (χ0n) is 13.4. The van der Waals surface area contributed by atoms with Crippen LogP contribution in [0.15, 0.2) is 24.4 Å². The molecule has 4 rings (SSSR count). The molecule has 0 radical (unpaired) electrons. The van der Waals surface area contributed by atoms with Crippen LogP contribution in [0.25, 0.3) is 27.9 Å². The summed E-state index contributed by atoms with van der Waals surface area (Å²) in [5, 5.41) is 14.3. The van der Waals surface area contributed by atoms with Gasteiger partial charge in [0.25, 0.3) is 0 Å². The lowest BCUT2D eigenvalue weighted by Crippen LogP contribution is -2.19. The third-order valence-electron chi connectivity index (χ3n) is 3.73. The fourth-order valence-electron chi connectivity index (χ4n) is 2.70. The van der Waals surface area contributed by atoms with Crippen molar-refractivity contribution in [3.63, 3.8) is 0 Å². The molecule has 0 atom stereocenters. The molecule has 0 saturated carbocycles. The molecule has 0 saturated heterocycles. The van der Waals surface area contributed by atoms with Crippen LogP contribution in [0.2, 0.25) is 0 Å². The molecule has 0 aliphatic heterocycles. The van der Waals surface area contributed by atoms with Crippen molar-refractivity contribution in [3.05, 3.63) is 24.4 Å². The maximum absolute atomic E-state index is 12.7. The standard InChI is InChI=1S/C14H12F3N9/c1-19-11-10-7(4-5-25(10)23-13(18)21-11)8-2-3-9-12(20-8)26(24-22-9)6-14(15,16)17/h2-5H,6H2,1H3,(H3,18,19,21,23). The molecule has 9 nitrogen and oxygen atoms in total. The summed E-state index contributed by atoms with van der Waals surface area (Å²) in [5.74, 6) is 0.557. The predicted octanol–water partition coefficient (Wildman–Crippen LogP) is 1.72. The van der Waals surface area contributed by atoms with Crippen molar-refractivity contribution >= 4 is 28.4 Å². The van der Waals surface area contributed by atoms with Gasteiger partial charge in [-0.15, -0.1) is 10.2 Å². The van der Waals surface area contributed by atoms with E-state index in [1.807, 2.05) is 0 Å². The largest absolute Gasteiger partial charge is 0.408 e. The normalized spacial score (nSPS) is 12.2. The monoisotopic (exact) mass is 363 g/mol. The van der Waals surface area contributed by atoms with Gasteiger partial charge in [-0.05, 0) is 18.2 Å². The van der Waals surface area contributed by atoms with Gasteiger partial charge in [-0.1, -0.05) is 5.21 Å². The zero-order chi connectivity index (χ0) is 18.5. The number of anilines is 2. The first-order valence-electron chi connectivity index (χ1n) is 7.46. The number of nitrogens with two attached hydrogens (primary N) is 1. The van der Waals surface area contributed by atoms with Gasteiger partial charge < -0.3 is 11.1 Å². The van der Waals surface area contributed by atoms with Crippen LogP contribution in [0, 0.1) is 0 Å². The highest BCUT2D eigenvalue weighted by molar-refractivity contribution is 5.89. The second kappa shape index (κ2) is 5.54. The summed E-state index contributed by atoms with van der Waals surface area (Å²) in [6.07, 6.45) is -2.76. The number of alkyl halides is 3. The molecule has 4 heterocycles. The molecule has 26 heavy (non-hydrogen) atoms. The maximum atomic E-state index is 12.7. The van der Waals surface area contributed by atoms with Crippen LogP contribution in [0.3, 0.4) is 0 Å². The lowest BCUT2D eigenvalue weighted by Gasteiger charge is -2.08. The molecule has 0 bridgehead atoms. The number of nitrogens with one attached hydrogen (secondary N) is 1. The Labute approximate surface area is 143 Å². The molecule has 0 aliphatic rings. The quantitative estimate of drug-likeness (QED) is 0.570. The zero-order valence-corrected chi connectivity index (χ0v) is 13.4. The first-order valence-corrected chi connectivity index (χ1v) is 7.46. The highest BCUT2D eigenvalue weighted by atomic mass is 19.4. The van der Waals surface area contributed by atoms with Crippen molar-refractivity contribution in [2.75, 3.05) is 18.1 Å². The summed E-state index contributed by atoms with van der Waals surface area (Å²) in [6, 6.07) is 4.95. The number of nitrogens with zero attached hydrogens (tertiary/aromatic N) is 7. The van der Waals surface area contributed by atoms with E-state index < -0.39 is 12.7 Å². The van der Waals surface area contributed by atoms with Crippen LogP contribution in [0.1, 0.15) is 0 Å². The number of halogens is 3. The topological polar surface area (TPSA) is 112 Å². The Balaban J connectivity index is 1.90. The highest BCUT2D eigenvalue weighted by Gasteiger charge is 2.30. The minimum absolute atomic E-state index is 0.0431. The predicted molar refractivity (Wildman–Crippen MR) is 87.3 cm³/mol. The number of hydrogen-bond donors (Lipinski definition) is 2. The SMILES string of the molecule is CNc1nc(N)nn2ccc(-c3ccc4nnn(CC(F)(F)F)c4n3)c12. The molecule has 0 spiro atoms. The van der Waals surface area contributed by atoms with Gasteiger partial charge in [0.1, 0.15) is 17.6 Å². The van der Waals surface area contributed by atoms with E-state index in [2.05, 4.69) is 30.7 Å². The van der Waals surface area contributed by atoms with Crippen molar-refractivity contribution in [2.45, 2.75) is 12.7 Å². The van der Waals surface area contributed by atoms with E-state index in [-0.39, 0.29) is 17.1 Å². The third-order valence-corrected chi connectivity index (χ3v) is 3.73. The molecule has 0 fully saturated rings. The van der Waals surface area contributed by atoms with Crippen LogP contribution in [0.5, 0.6) is 0 Å². The van der Waals surface area contributed by atoms with Crippen LogP contribution >= 0.6 is 0 Å². The number of nitrogen functional groups attached to an aromatic ring is 1. The average molecular weight is 363 g/mol. The van der Waals surface area contributed by atoms with E-state index in [0.29, 0.717) is 22.6 Å². The smallest absolute Gasteiger partial charge is 0.371 e. The fraction of sp³-hybridized carbons (Fsp3) is 0.214. The first kappa shape index (κ1) is 16.1. The molecular weight excluding hydrogens is 351 g/mol. The van der Waals surface area contributed by atoms with Crippen molar-refractivity contribution in [2.24, 2.45) is 0 Å². The lowest BCUT2D eigenvalue weighted by atomic mass is 10.2. The Morgan fingerprint density at radius 2 is 2.00 bits per heavy atom. The summed E-state index contributed by atoms with van der Waals surface area (Å²) < 4.78 is 40.4. The second-order valence-corrected chi connectivity index (χ2v) is 5.49. The molecule has 0 aliphatic carbocycles. The van der Waals surface area contributed by atoms with Gasteiger partial charge in [-0.25, -0.2) is 14.2 Å². The molecule has 134 valence electrons. The molecule has 12 heteroatoms. The van der Waals surface area contributed by atoms with Crippen LogP contribution in [-0.4, -0.2) is 47.8 Å². The van der Waals surface area contributed by atoms with E-state index in [1.54, 1.807) is 31.4 Å². The van der Waals surface area contributed by atoms with Gasteiger partial charge >= 0.3 is 6.18 Å². The molecule has 4 aromatic heterocycles. The number of hydrogen-bond acceptors (Lipinski definition) is 7. The molecule has 3 N–H and O–H groups in total. The van der Waals surface area contributed by atoms with Gasteiger partial charge in [0.15, 0.2) is 11.5 Å². The van der Waals surface area contributed by atoms with Gasteiger partial charge in [0, 0.05) is 18.8 Å². The minimum Gasteiger partial charge on any atom is -0.371 e. The molecule has 0 unspecified atom stereocenters. The van der Waals surface area contributed by atoms with Gasteiger partial charge in [0.05, 0.1) is 5.69 Å². The van der Waals surface area contributed by atoms with Crippen molar-refractivity contribution in [1.29, 1.82) is 0 Å². The Bertz CT molecular complexity index is 1110. The Hall–Kier alpha value is -3.44. The summed E-state index contributed by atoms with van der Waals surface area (Å²) >= 11 is 0. The van der Waals surface area contributed by atoms with Gasteiger partial charge in [-0.3, -0.25) is 0 Å². The summed E-state index contributed by atoms with van der Waals surface area (Å²) in [4.78, 5) is 8.44. The fourth-order valence-corrected chi connectivity index (χ4v) is 2.70. The Morgan fingerprint density at radius 1 is 1.19 bits per heavy atom. The molecule has 0 aromatic carbocycles. The maximum Gasteiger partial charge on any atom is 0.408 e. The third kappa shape index (κ3) is 2.64. The van der Waals surface area contributed by atoms with Crippen molar-refractivity contribution in [3.8, 4) is 11.3 Å².